The maximum Gasteiger partial charge on any atom is 0.144 e. The lowest BCUT2D eigenvalue weighted by Crippen LogP contribution is -2.55. The summed E-state index contributed by atoms with van der Waals surface area (Å²) in [5.74, 6) is 2.90. The van der Waals surface area contributed by atoms with Gasteiger partial charge in [-0.1, -0.05) is 37.6 Å². The summed E-state index contributed by atoms with van der Waals surface area (Å²) in [7, 11) is 0. The Kier molecular flexibility index (Phi) is 7.94. The van der Waals surface area contributed by atoms with E-state index in [0.717, 1.165) is 35.6 Å². The monoisotopic (exact) mass is 404 g/mol. The molecule has 1 aromatic rings. The van der Waals surface area contributed by atoms with Gasteiger partial charge in [0.25, 0.3) is 0 Å². The van der Waals surface area contributed by atoms with Crippen molar-refractivity contribution in [1.29, 1.82) is 0 Å². The lowest BCUT2D eigenvalue weighted by atomic mass is 10.1. The van der Waals surface area contributed by atoms with Crippen molar-refractivity contribution >= 4 is 34.2 Å². The smallest absolute Gasteiger partial charge is 0.144 e. The highest BCUT2D eigenvalue weighted by atomic mass is 127. The minimum absolute atomic E-state index is 0.504. The first-order valence-electron chi connectivity index (χ1n) is 7.25. The molecule has 1 unspecified atom stereocenters. The van der Waals surface area contributed by atoms with E-state index in [1.165, 1.54) is 18.4 Å². The summed E-state index contributed by atoms with van der Waals surface area (Å²) in [6.07, 6.45) is 9.02. The lowest BCUT2D eigenvalue weighted by molar-refractivity contribution is -0.927. The number of benzene rings is 1. The first-order valence-corrected chi connectivity index (χ1v) is 8.88. The molecule has 0 radical (unpaired) electrons. The molecule has 0 spiro atoms. The van der Waals surface area contributed by atoms with Crippen LogP contribution in [0.25, 0.3) is 0 Å². The van der Waals surface area contributed by atoms with Crippen molar-refractivity contribution in [2.45, 2.75) is 37.2 Å². The van der Waals surface area contributed by atoms with Gasteiger partial charge in [-0.15, -0.1) is 6.42 Å². The van der Waals surface area contributed by atoms with Gasteiger partial charge in [-0.2, -0.15) is 0 Å². The number of quaternary nitrogens is 1. The maximum absolute atomic E-state index is 5.96. The van der Waals surface area contributed by atoms with Gasteiger partial charge in [0.1, 0.15) is 10.6 Å². The summed E-state index contributed by atoms with van der Waals surface area (Å²) in [5.41, 5.74) is 1.33. The fourth-order valence-electron chi connectivity index (χ4n) is 2.73. The van der Waals surface area contributed by atoms with E-state index in [0.29, 0.717) is 4.05 Å². The number of alkyl halides is 1. The zero-order valence-corrected chi connectivity index (χ0v) is 15.3. The van der Waals surface area contributed by atoms with E-state index in [1.807, 2.05) is 12.1 Å². The van der Waals surface area contributed by atoms with Crippen molar-refractivity contribution in [2.24, 2.45) is 0 Å². The van der Waals surface area contributed by atoms with Gasteiger partial charge >= 0.3 is 0 Å². The SMILES string of the molecule is C#CC[N+](CCC)(CCC)C(I)Cc1ccc(Cl)cc1. The quantitative estimate of drug-likeness (QED) is 0.190. The fourth-order valence-corrected chi connectivity index (χ4v) is 4.12. The topological polar surface area (TPSA) is 0 Å². The summed E-state index contributed by atoms with van der Waals surface area (Å²) in [5, 5.41) is 0.797. The minimum Gasteiger partial charge on any atom is -0.303 e. The molecule has 0 amide bonds. The second-order valence-corrected chi connectivity index (χ2v) is 7.17. The van der Waals surface area contributed by atoms with Gasteiger partial charge in [-0.25, -0.2) is 0 Å². The van der Waals surface area contributed by atoms with E-state index in [-0.39, 0.29) is 0 Å². The molecule has 1 atom stereocenters. The second kappa shape index (κ2) is 8.92. The highest BCUT2D eigenvalue weighted by Crippen LogP contribution is 2.25. The minimum atomic E-state index is 0.504. The number of terminal acetylenes is 1. The van der Waals surface area contributed by atoms with Crippen LogP contribution in [-0.2, 0) is 6.42 Å². The Morgan fingerprint density at radius 1 is 1.20 bits per heavy atom. The van der Waals surface area contributed by atoms with Crippen LogP contribution in [0.1, 0.15) is 32.3 Å². The van der Waals surface area contributed by atoms with Crippen LogP contribution < -0.4 is 0 Å². The highest BCUT2D eigenvalue weighted by Gasteiger charge is 2.32. The van der Waals surface area contributed by atoms with Crippen molar-refractivity contribution in [1.82, 2.24) is 0 Å². The van der Waals surface area contributed by atoms with Gasteiger partial charge < -0.3 is 4.48 Å². The molecule has 0 aliphatic carbocycles. The Morgan fingerprint density at radius 2 is 1.75 bits per heavy atom. The number of rotatable bonds is 8. The number of nitrogens with zero attached hydrogens (tertiary/aromatic N) is 1. The summed E-state index contributed by atoms with van der Waals surface area (Å²) >= 11 is 8.54. The van der Waals surface area contributed by atoms with E-state index in [4.69, 9.17) is 18.0 Å². The second-order valence-electron chi connectivity index (χ2n) is 5.29. The van der Waals surface area contributed by atoms with E-state index >= 15 is 0 Å². The summed E-state index contributed by atoms with van der Waals surface area (Å²) in [6, 6.07) is 8.18. The maximum atomic E-state index is 5.96. The Labute approximate surface area is 142 Å². The molecule has 0 aliphatic rings. The predicted octanol–water partition coefficient (Wildman–Crippen LogP) is 4.91. The van der Waals surface area contributed by atoms with E-state index < -0.39 is 0 Å². The summed E-state index contributed by atoms with van der Waals surface area (Å²) in [6.45, 7) is 7.61. The molecular formula is C17H24ClIN+. The molecule has 20 heavy (non-hydrogen) atoms. The Morgan fingerprint density at radius 3 is 2.20 bits per heavy atom. The molecule has 1 rings (SSSR count). The van der Waals surface area contributed by atoms with Crippen molar-refractivity contribution < 1.29 is 4.48 Å². The largest absolute Gasteiger partial charge is 0.303 e. The van der Waals surface area contributed by atoms with Crippen LogP contribution in [0.2, 0.25) is 5.02 Å². The third-order valence-electron chi connectivity index (χ3n) is 3.66. The number of hydrogen-bond acceptors (Lipinski definition) is 0. The van der Waals surface area contributed by atoms with Crippen LogP contribution >= 0.6 is 34.2 Å². The summed E-state index contributed by atoms with van der Waals surface area (Å²) < 4.78 is 1.52. The molecule has 0 heterocycles. The van der Waals surface area contributed by atoms with Crippen LogP contribution in [-0.4, -0.2) is 28.2 Å². The van der Waals surface area contributed by atoms with Gasteiger partial charge in [0, 0.05) is 11.4 Å². The van der Waals surface area contributed by atoms with Gasteiger partial charge in [0.2, 0.25) is 0 Å². The van der Waals surface area contributed by atoms with E-state index in [1.54, 1.807) is 0 Å². The zero-order chi connectivity index (χ0) is 15.0. The molecular weight excluding hydrogens is 381 g/mol. The molecule has 0 bridgehead atoms. The first-order chi connectivity index (χ1) is 9.57. The third kappa shape index (κ3) is 4.95. The van der Waals surface area contributed by atoms with Crippen LogP contribution in [0, 0.1) is 12.3 Å². The first kappa shape index (κ1) is 17.8. The molecule has 3 heteroatoms. The number of hydrogen-bond donors (Lipinski definition) is 0. The summed E-state index contributed by atoms with van der Waals surface area (Å²) in [4.78, 5) is 0. The van der Waals surface area contributed by atoms with Crippen LogP contribution in [0.5, 0.6) is 0 Å². The van der Waals surface area contributed by atoms with Crippen molar-refractivity contribution in [3.63, 3.8) is 0 Å². The molecule has 1 aromatic carbocycles. The Balaban J connectivity index is 2.88. The Bertz CT molecular complexity index is 429. The van der Waals surface area contributed by atoms with Crippen LogP contribution in [0.4, 0.5) is 0 Å². The van der Waals surface area contributed by atoms with Gasteiger partial charge in [-0.3, -0.25) is 0 Å². The average molecular weight is 405 g/mol. The molecule has 0 aliphatic heterocycles. The van der Waals surface area contributed by atoms with Crippen molar-refractivity contribution in [3.8, 4) is 12.3 Å². The fraction of sp³-hybridized carbons (Fsp3) is 0.529. The predicted molar refractivity (Wildman–Crippen MR) is 97.2 cm³/mol. The van der Waals surface area contributed by atoms with Gasteiger partial charge in [0.15, 0.2) is 0 Å². The van der Waals surface area contributed by atoms with Crippen LogP contribution in [0.3, 0.4) is 0 Å². The normalized spacial score (nSPS) is 12.9. The van der Waals surface area contributed by atoms with Gasteiger partial charge in [-0.05, 0) is 59.0 Å². The molecule has 0 N–H and O–H groups in total. The van der Waals surface area contributed by atoms with Crippen molar-refractivity contribution in [2.75, 3.05) is 19.6 Å². The highest BCUT2D eigenvalue weighted by molar-refractivity contribution is 14.1. The van der Waals surface area contributed by atoms with E-state index in [2.05, 4.69) is 54.5 Å². The third-order valence-corrected chi connectivity index (χ3v) is 5.53. The van der Waals surface area contributed by atoms with Gasteiger partial charge in [0.05, 0.1) is 13.1 Å². The van der Waals surface area contributed by atoms with E-state index in [9.17, 15) is 0 Å². The zero-order valence-electron chi connectivity index (χ0n) is 12.4. The molecule has 1 nitrogen and oxygen atoms in total. The van der Waals surface area contributed by atoms with Crippen LogP contribution in [0.15, 0.2) is 24.3 Å². The Hall–Kier alpha value is -0.240. The molecule has 0 saturated carbocycles. The number of halogens is 2. The lowest BCUT2D eigenvalue weighted by Gasteiger charge is -2.41. The standard InChI is InChI=1S/C17H24ClIN/c1-4-11-20(12-5-2,13-6-3)17(19)14-15-7-9-16(18)10-8-15/h1,7-10,17H,5-6,11-14H2,2-3H3/q+1. The molecule has 0 saturated heterocycles. The average Bonchev–Trinajstić information content (AvgIpc) is 2.42. The molecule has 110 valence electrons. The van der Waals surface area contributed by atoms with Crippen molar-refractivity contribution in [3.05, 3.63) is 34.9 Å². The molecule has 0 fully saturated rings. The molecule has 0 aromatic heterocycles.